The molecule has 0 bridgehead atoms. The zero-order valence-corrected chi connectivity index (χ0v) is 17.4. The van der Waals surface area contributed by atoms with Gasteiger partial charge in [0.25, 0.3) is 0 Å². The first-order valence-electron chi connectivity index (χ1n) is 8.32. The van der Waals surface area contributed by atoms with E-state index in [4.69, 9.17) is 14.2 Å². The molecule has 0 radical (unpaired) electrons. The average molecular weight is 402 g/mol. The molecule has 1 heterocycles. The Morgan fingerprint density at radius 3 is 1.89 bits per heavy atom. The van der Waals surface area contributed by atoms with Crippen molar-refractivity contribution >= 4 is 34.6 Å². The average Bonchev–Trinajstić information content (AvgIpc) is 2.87. The van der Waals surface area contributed by atoms with E-state index >= 15 is 0 Å². The Labute approximate surface area is 162 Å². The first-order chi connectivity index (χ1) is 12.3. The molecule has 27 heavy (non-hydrogen) atoms. The van der Waals surface area contributed by atoms with Crippen molar-refractivity contribution < 1.29 is 33.7 Å². The van der Waals surface area contributed by atoms with E-state index in [1.807, 2.05) is 0 Å². The Hall–Kier alpha value is -2.20. The Kier molecular flexibility index (Phi) is 7.32. The molecular weight excluding hydrogens is 376 g/mol. The highest BCUT2D eigenvalue weighted by atomic mass is 32.1. The van der Waals surface area contributed by atoms with E-state index < -0.39 is 36.0 Å². The van der Waals surface area contributed by atoms with E-state index in [1.165, 1.54) is 0 Å². The van der Waals surface area contributed by atoms with E-state index in [9.17, 15) is 19.5 Å². The van der Waals surface area contributed by atoms with Crippen LogP contribution in [0.15, 0.2) is 0 Å². The number of hydrogen-bond donors (Lipinski definition) is 1. The fourth-order valence-corrected chi connectivity index (χ4v) is 2.69. The van der Waals surface area contributed by atoms with Crippen LogP contribution in [0.3, 0.4) is 0 Å². The Morgan fingerprint density at radius 1 is 1.04 bits per heavy atom. The summed E-state index contributed by atoms with van der Waals surface area (Å²) in [6.45, 7) is 11.0. The van der Waals surface area contributed by atoms with Crippen LogP contribution in [0.1, 0.15) is 63.8 Å². The molecular formula is C17H26N2O7S. The smallest absolute Gasteiger partial charge is 0.426 e. The second kappa shape index (κ2) is 8.66. The summed E-state index contributed by atoms with van der Waals surface area (Å²) in [6, 6.07) is 0. The van der Waals surface area contributed by atoms with Crippen molar-refractivity contribution in [2.45, 2.75) is 66.3 Å². The summed E-state index contributed by atoms with van der Waals surface area (Å²) >= 11 is 0.728. The highest BCUT2D eigenvalue weighted by Crippen LogP contribution is 2.30. The summed E-state index contributed by atoms with van der Waals surface area (Å²) in [4.78, 5) is 41.8. The van der Waals surface area contributed by atoms with Gasteiger partial charge in [0.05, 0.1) is 18.9 Å². The van der Waals surface area contributed by atoms with Crippen molar-refractivity contribution in [3.63, 3.8) is 0 Å². The lowest BCUT2D eigenvalue weighted by molar-refractivity contribution is 0.0428. The first kappa shape index (κ1) is 22.8. The minimum Gasteiger partial charge on any atom is -0.462 e. The Bertz CT molecular complexity index is 673. The molecule has 1 aromatic heterocycles. The van der Waals surface area contributed by atoms with Crippen LogP contribution < -0.4 is 4.90 Å². The SMILES string of the molecule is CCOC(=O)c1sc(N(C(=O)OC(C)(C)C)C(=O)OC(C)(C)C)nc1CO. The Morgan fingerprint density at radius 2 is 1.52 bits per heavy atom. The predicted octanol–water partition coefficient (Wildman–Crippen LogP) is 3.49. The van der Waals surface area contributed by atoms with Gasteiger partial charge in [-0.15, -0.1) is 0 Å². The number of ether oxygens (including phenoxy) is 3. The highest BCUT2D eigenvalue weighted by Gasteiger charge is 2.36. The third-order valence-corrected chi connectivity index (χ3v) is 3.70. The number of aromatic nitrogens is 1. The van der Waals surface area contributed by atoms with Gasteiger partial charge in [-0.05, 0) is 48.5 Å². The van der Waals surface area contributed by atoms with Crippen molar-refractivity contribution in [1.82, 2.24) is 4.98 Å². The van der Waals surface area contributed by atoms with Gasteiger partial charge in [0.15, 0.2) is 0 Å². The molecule has 10 heteroatoms. The predicted molar refractivity (Wildman–Crippen MR) is 98.9 cm³/mol. The molecule has 152 valence electrons. The second-order valence-corrected chi connectivity index (χ2v) is 8.42. The van der Waals surface area contributed by atoms with Gasteiger partial charge in [-0.25, -0.2) is 19.4 Å². The third-order valence-electron chi connectivity index (χ3n) is 2.64. The Balaban J connectivity index is 3.36. The molecule has 0 aliphatic rings. The number of amides is 2. The maximum absolute atomic E-state index is 12.6. The number of hydrogen-bond acceptors (Lipinski definition) is 9. The molecule has 2 amide bonds. The maximum atomic E-state index is 12.6. The molecule has 1 rings (SSSR count). The summed E-state index contributed by atoms with van der Waals surface area (Å²) < 4.78 is 15.4. The van der Waals surface area contributed by atoms with Crippen LogP contribution in [0.2, 0.25) is 0 Å². The lowest BCUT2D eigenvalue weighted by Crippen LogP contribution is -2.43. The number of rotatable bonds is 4. The fourth-order valence-electron chi connectivity index (χ4n) is 1.74. The van der Waals surface area contributed by atoms with Crippen LogP contribution in [0.25, 0.3) is 0 Å². The number of esters is 1. The maximum Gasteiger partial charge on any atom is 0.426 e. The number of imide groups is 1. The van der Waals surface area contributed by atoms with Crippen molar-refractivity contribution in [3.05, 3.63) is 10.6 Å². The van der Waals surface area contributed by atoms with Gasteiger partial charge in [0.2, 0.25) is 5.13 Å². The number of carbonyl (C=O) groups is 3. The van der Waals surface area contributed by atoms with E-state index in [0.717, 1.165) is 11.3 Å². The molecule has 0 aliphatic carbocycles. The highest BCUT2D eigenvalue weighted by molar-refractivity contribution is 7.18. The van der Waals surface area contributed by atoms with Gasteiger partial charge in [-0.3, -0.25) is 0 Å². The van der Waals surface area contributed by atoms with Crippen molar-refractivity contribution in [3.8, 4) is 0 Å². The van der Waals surface area contributed by atoms with E-state index in [0.29, 0.717) is 4.90 Å². The summed E-state index contributed by atoms with van der Waals surface area (Å²) in [5, 5.41) is 9.30. The number of nitrogens with zero attached hydrogens (tertiary/aromatic N) is 2. The van der Waals surface area contributed by atoms with E-state index in [2.05, 4.69) is 4.98 Å². The standard InChI is InChI=1S/C17H26N2O7S/c1-8-24-12(21)11-10(9-20)18-13(27-11)19(14(22)25-16(2,3)4)15(23)26-17(5,6)7/h20H,8-9H2,1-7H3. The zero-order valence-electron chi connectivity index (χ0n) is 16.6. The van der Waals surface area contributed by atoms with Gasteiger partial charge in [-0.2, -0.15) is 4.90 Å². The number of anilines is 1. The monoisotopic (exact) mass is 402 g/mol. The topological polar surface area (TPSA) is 115 Å². The zero-order chi connectivity index (χ0) is 21.0. The molecule has 0 atom stereocenters. The summed E-state index contributed by atoms with van der Waals surface area (Å²) in [5.41, 5.74) is -1.76. The van der Waals surface area contributed by atoms with E-state index in [-0.39, 0.29) is 22.3 Å². The van der Waals surface area contributed by atoms with E-state index in [1.54, 1.807) is 48.5 Å². The van der Waals surface area contributed by atoms with Crippen LogP contribution >= 0.6 is 11.3 Å². The molecule has 1 aromatic rings. The largest absolute Gasteiger partial charge is 0.462 e. The molecule has 0 fully saturated rings. The van der Waals surface area contributed by atoms with Crippen LogP contribution in [0.5, 0.6) is 0 Å². The van der Waals surface area contributed by atoms with Gasteiger partial charge < -0.3 is 19.3 Å². The normalized spacial score (nSPS) is 11.7. The van der Waals surface area contributed by atoms with Gasteiger partial charge in [0, 0.05) is 0 Å². The third kappa shape index (κ3) is 6.79. The van der Waals surface area contributed by atoms with Crippen molar-refractivity contribution in [2.75, 3.05) is 11.5 Å². The quantitative estimate of drug-likeness (QED) is 0.601. The molecule has 9 nitrogen and oxygen atoms in total. The van der Waals surface area contributed by atoms with Gasteiger partial charge in [0.1, 0.15) is 16.1 Å². The lowest BCUT2D eigenvalue weighted by Gasteiger charge is -2.27. The molecule has 0 unspecified atom stereocenters. The number of thiazole rings is 1. The van der Waals surface area contributed by atoms with Gasteiger partial charge >= 0.3 is 18.2 Å². The molecule has 0 aliphatic heterocycles. The molecule has 0 saturated carbocycles. The summed E-state index contributed by atoms with van der Waals surface area (Å²) in [7, 11) is 0. The molecule has 1 N–H and O–H groups in total. The number of carbonyl (C=O) groups excluding carboxylic acids is 3. The summed E-state index contributed by atoms with van der Waals surface area (Å²) in [5.74, 6) is -0.710. The minimum absolute atomic E-state index is 0.00790. The van der Waals surface area contributed by atoms with Crippen molar-refractivity contribution in [2.24, 2.45) is 0 Å². The van der Waals surface area contributed by atoms with Crippen LogP contribution in [-0.2, 0) is 20.8 Å². The number of aliphatic hydroxyl groups excluding tert-OH is 1. The van der Waals surface area contributed by atoms with Crippen molar-refractivity contribution in [1.29, 1.82) is 0 Å². The fraction of sp³-hybridized carbons (Fsp3) is 0.647. The number of aliphatic hydroxyl groups is 1. The van der Waals surface area contributed by atoms with Crippen LogP contribution in [-0.4, -0.2) is 46.1 Å². The summed E-state index contributed by atoms with van der Waals surface area (Å²) in [6.07, 6.45) is -2.02. The minimum atomic E-state index is -1.01. The molecule has 0 spiro atoms. The lowest BCUT2D eigenvalue weighted by atomic mass is 10.2. The first-order valence-corrected chi connectivity index (χ1v) is 9.14. The second-order valence-electron chi connectivity index (χ2n) is 7.45. The van der Waals surface area contributed by atoms with Crippen LogP contribution in [0.4, 0.5) is 14.7 Å². The van der Waals surface area contributed by atoms with Crippen LogP contribution in [0, 0.1) is 0 Å². The molecule has 0 saturated heterocycles. The molecule has 0 aromatic carbocycles. The van der Waals surface area contributed by atoms with Gasteiger partial charge in [-0.1, -0.05) is 11.3 Å².